The van der Waals surface area contributed by atoms with Gasteiger partial charge in [-0.1, -0.05) is 0 Å². The molecule has 0 radical (unpaired) electrons. The van der Waals surface area contributed by atoms with E-state index in [9.17, 15) is 9.59 Å². The Morgan fingerprint density at radius 3 is 2.07 bits per heavy atom. The lowest BCUT2D eigenvalue weighted by atomic mass is 10.0. The summed E-state index contributed by atoms with van der Waals surface area (Å²) in [7, 11) is 1.48. The lowest BCUT2D eigenvalue weighted by Gasteiger charge is -2.32. The molecule has 0 spiro atoms. The van der Waals surface area contributed by atoms with E-state index in [1.54, 1.807) is 27.7 Å². The summed E-state index contributed by atoms with van der Waals surface area (Å²) >= 11 is 0. The molecule has 0 saturated heterocycles. The summed E-state index contributed by atoms with van der Waals surface area (Å²) in [5.74, 6) is -0.569. The van der Waals surface area contributed by atoms with Gasteiger partial charge in [0.15, 0.2) is 0 Å². The van der Waals surface area contributed by atoms with Crippen LogP contribution in [-0.2, 0) is 9.53 Å². The predicted octanol–water partition coefficient (Wildman–Crippen LogP) is 0.727. The third-order valence-corrected chi connectivity index (χ3v) is 2.05. The monoisotopic (exact) mass is 202 g/mol. The quantitative estimate of drug-likeness (QED) is 0.733. The van der Waals surface area contributed by atoms with Gasteiger partial charge in [0, 0.05) is 7.05 Å². The molecule has 0 fully saturated rings. The second-order valence-corrected chi connectivity index (χ2v) is 3.91. The molecule has 0 unspecified atom stereocenters. The molecule has 5 heteroatoms. The molecule has 0 saturated carbocycles. The molecule has 2 amide bonds. The standard InChI is InChI=1S/C9H18N2O3/c1-6(2)14-8(13)11(5)9(3,4)7(10)12/h6H,1-5H3,(H2,10,12). The summed E-state index contributed by atoms with van der Waals surface area (Å²) < 4.78 is 4.93. The van der Waals surface area contributed by atoms with E-state index in [4.69, 9.17) is 10.5 Å². The molecule has 0 aromatic rings. The zero-order chi connectivity index (χ0) is 11.5. The Morgan fingerprint density at radius 1 is 1.36 bits per heavy atom. The second kappa shape index (κ2) is 4.30. The van der Waals surface area contributed by atoms with Gasteiger partial charge >= 0.3 is 6.09 Å². The van der Waals surface area contributed by atoms with E-state index in [0.29, 0.717) is 0 Å². The van der Waals surface area contributed by atoms with E-state index in [1.165, 1.54) is 11.9 Å². The van der Waals surface area contributed by atoms with Gasteiger partial charge in [-0.15, -0.1) is 0 Å². The first-order chi connectivity index (χ1) is 6.19. The van der Waals surface area contributed by atoms with Crippen LogP contribution in [0.25, 0.3) is 0 Å². The van der Waals surface area contributed by atoms with Crippen LogP contribution in [0, 0.1) is 0 Å². The third-order valence-electron chi connectivity index (χ3n) is 2.05. The Morgan fingerprint density at radius 2 is 1.79 bits per heavy atom. The number of hydrogen-bond acceptors (Lipinski definition) is 3. The van der Waals surface area contributed by atoms with Crippen LogP contribution in [0.5, 0.6) is 0 Å². The van der Waals surface area contributed by atoms with Gasteiger partial charge in [-0.05, 0) is 27.7 Å². The number of amides is 2. The number of ether oxygens (including phenoxy) is 1. The number of hydrogen-bond donors (Lipinski definition) is 1. The lowest BCUT2D eigenvalue weighted by molar-refractivity contribution is -0.127. The van der Waals surface area contributed by atoms with E-state index in [2.05, 4.69) is 0 Å². The Balaban J connectivity index is 4.53. The molecule has 0 atom stereocenters. The molecule has 0 aliphatic carbocycles. The number of primary amides is 1. The normalized spacial score (nSPS) is 11.3. The minimum atomic E-state index is -1.04. The van der Waals surface area contributed by atoms with Crippen LogP contribution in [0.1, 0.15) is 27.7 Å². The number of carbonyl (C=O) groups excluding carboxylic acids is 2. The van der Waals surface area contributed by atoms with E-state index in [-0.39, 0.29) is 6.10 Å². The smallest absolute Gasteiger partial charge is 0.410 e. The van der Waals surface area contributed by atoms with Gasteiger partial charge in [-0.25, -0.2) is 4.79 Å². The maximum atomic E-state index is 11.4. The van der Waals surface area contributed by atoms with Crippen molar-refractivity contribution in [1.82, 2.24) is 4.90 Å². The zero-order valence-corrected chi connectivity index (χ0v) is 9.33. The highest BCUT2D eigenvalue weighted by molar-refractivity contribution is 5.87. The van der Waals surface area contributed by atoms with Crippen molar-refractivity contribution in [2.75, 3.05) is 7.05 Å². The average molecular weight is 202 g/mol. The number of nitrogens with two attached hydrogens (primary N) is 1. The van der Waals surface area contributed by atoms with E-state index in [0.717, 1.165) is 0 Å². The van der Waals surface area contributed by atoms with Gasteiger partial charge in [-0.2, -0.15) is 0 Å². The summed E-state index contributed by atoms with van der Waals surface area (Å²) in [6.45, 7) is 6.61. The Kier molecular flexibility index (Phi) is 3.92. The zero-order valence-electron chi connectivity index (χ0n) is 9.33. The van der Waals surface area contributed by atoms with Gasteiger partial charge in [0.2, 0.25) is 5.91 Å². The maximum absolute atomic E-state index is 11.4. The highest BCUT2D eigenvalue weighted by Crippen LogP contribution is 2.13. The molecule has 14 heavy (non-hydrogen) atoms. The van der Waals surface area contributed by atoms with Crippen molar-refractivity contribution in [3.05, 3.63) is 0 Å². The molecule has 82 valence electrons. The first kappa shape index (κ1) is 12.7. The molecule has 0 heterocycles. The van der Waals surface area contributed by atoms with Crippen molar-refractivity contribution in [2.24, 2.45) is 5.73 Å². The number of rotatable bonds is 3. The molecule has 0 aromatic heterocycles. The Bertz CT molecular complexity index is 236. The topological polar surface area (TPSA) is 72.6 Å². The molecule has 5 nitrogen and oxygen atoms in total. The first-order valence-corrected chi connectivity index (χ1v) is 4.44. The largest absolute Gasteiger partial charge is 0.447 e. The molecular formula is C9H18N2O3. The summed E-state index contributed by atoms with van der Waals surface area (Å²) in [6, 6.07) is 0. The van der Waals surface area contributed by atoms with Crippen LogP contribution >= 0.6 is 0 Å². The van der Waals surface area contributed by atoms with Crippen LogP contribution in [0.15, 0.2) is 0 Å². The summed E-state index contributed by atoms with van der Waals surface area (Å²) in [6.07, 6.45) is -0.766. The minimum Gasteiger partial charge on any atom is -0.447 e. The second-order valence-electron chi connectivity index (χ2n) is 3.91. The fraction of sp³-hybridized carbons (Fsp3) is 0.778. The van der Waals surface area contributed by atoms with E-state index >= 15 is 0 Å². The number of carbonyl (C=O) groups is 2. The van der Waals surface area contributed by atoms with Crippen molar-refractivity contribution in [3.63, 3.8) is 0 Å². The molecule has 0 bridgehead atoms. The van der Waals surface area contributed by atoms with Crippen LogP contribution < -0.4 is 5.73 Å². The van der Waals surface area contributed by atoms with Crippen molar-refractivity contribution in [2.45, 2.75) is 39.3 Å². The van der Waals surface area contributed by atoms with Gasteiger partial charge in [0.05, 0.1) is 6.10 Å². The van der Waals surface area contributed by atoms with Crippen LogP contribution in [0.2, 0.25) is 0 Å². The minimum absolute atomic E-state index is 0.214. The van der Waals surface area contributed by atoms with Gasteiger partial charge in [-0.3, -0.25) is 9.69 Å². The Hall–Kier alpha value is -1.26. The SMILES string of the molecule is CC(C)OC(=O)N(C)C(C)(C)C(N)=O. The summed E-state index contributed by atoms with van der Waals surface area (Å²) in [4.78, 5) is 23.6. The number of nitrogens with zero attached hydrogens (tertiary/aromatic N) is 1. The lowest BCUT2D eigenvalue weighted by Crippen LogP contribution is -2.54. The molecular weight excluding hydrogens is 184 g/mol. The average Bonchev–Trinajstić information content (AvgIpc) is 2.01. The molecule has 0 aromatic carbocycles. The fourth-order valence-electron chi connectivity index (χ4n) is 0.674. The maximum Gasteiger partial charge on any atom is 0.410 e. The first-order valence-electron chi connectivity index (χ1n) is 4.44. The van der Waals surface area contributed by atoms with Crippen molar-refractivity contribution in [3.8, 4) is 0 Å². The van der Waals surface area contributed by atoms with E-state index in [1.807, 2.05) is 0 Å². The molecule has 0 rings (SSSR count). The van der Waals surface area contributed by atoms with Crippen LogP contribution in [-0.4, -0.2) is 35.6 Å². The van der Waals surface area contributed by atoms with Crippen LogP contribution in [0.4, 0.5) is 4.79 Å². The van der Waals surface area contributed by atoms with Gasteiger partial charge < -0.3 is 10.5 Å². The predicted molar refractivity (Wildman–Crippen MR) is 52.7 cm³/mol. The van der Waals surface area contributed by atoms with E-state index < -0.39 is 17.5 Å². The fourth-order valence-corrected chi connectivity index (χ4v) is 0.674. The molecule has 2 N–H and O–H groups in total. The third kappa shape index (κ3) is 2.90. The van der Waals surface area contributed by atoms with Crippen molar-refractivity contribution >= 4 is 12.0 Å². The van der Waals surface area contributed by atoms with Crippen molar-refractivity contribution in [1.29, 1.82) is 0 Å². The highest BCUT2D eigenvalue weighted by atomic mass is 16.6. The van der Waals surface area contributed by atoms with Crippen molar-refractivity contribution < 1.29 is 14.3 Å². The molecule has 0 aliphatic rings. The number of likely N-dealkylation sites (N-methyl/N-ethyl adjacent to an activating group) is 1. The van der Waals surface area contributed by atoms with Crippen LogP contribution in [0.3, 0.4) is 0 Å². The Labute approximate surface area is 84.2 Å². The van der Waals surface area contributed by atoms with Gasteiger partial charge in [0.1, 0.15) is 5.54 Å². The highest BCUT2D eigenvalue weighted by Gasteiger charge is 2.34. The van der Waals surface area contributed by atoms with Gasteiger partial charge in [0.25, 0.3) is 0 Å². The summed E-state index contributed by atoms with van der Waals surface area (Å²) in [5, 5.41) is 0. The molecule has 0 aliphatic heterocycles. The summed E-state index contributed by atoms with van der Waals surface area (Å²) in [5.41, 5.74) is 4.12.